The first-order chi connectivity index (χ1) is 10.0. The number of amides is 1. The molecule has 1 aliphatic heterocycles. The number of piperidine rings is 1. The van der Waals surface area contributed by atoms with Gasteiger partial charge >= 0.3 is 6.61 Å². The Morgan fingerprint density at radius 2 is 1.95 bits per heavy atom. The maximum Gasteiger partial charge on any atom is 0.387 e. The number of alkyl halides is 2. The first-order valence-electron chi connectivity index (χ1n) is 7.07. The Bertz CT molecular complexity index is 457. The van der Waals surface area contributed by atoms with Gasteiger partial charge in [-0.05, 0) is 30.5 Å². The maximum atomic E-state index is 12.0. The topological polar surface area (TPSA) is 41.6 Å². The minimum absolute atomic E-state index is 0.128. The molecule has 0 aliphatic carbocycles. The van der Waals surface area contributed by atoms with Crippen LogP contribution in [-0.2, 0) is 11.3 Å². The monoisotopic (exact) mass is 298 g/mol. The number of benzene rings is 1. The number of nitrogens with one attached hydrogen (secondary N) is 1. The van der Waals surface area contributed by atoms with E-state index < -0.39 is 6.61 Å². The molecule has 1 amide bonds. The van der Waals surface area contributed by atoms with Crippen LogP contribution in [0, 0.1) is 0 Å². The third-order valence-electron chi connectivity index (χ3n) is 3.68. The van der Waals surface area contributed by atoms with Crippen LogP contribution >= 0.6 is 0 Å². The van der Waals surface area contributed by atoms with Crippen molar-refractivity contribution < 1.29 is 18.3 Å². The average Bonchev–Trinajstić information content (AvgIpc) is 2.46. The van der Waals surface area contributed by atoms with Crippen LogP contribution in [0.1, 0.15) is 25.3 Å². The Labute approximate surface area is 123 Å². The zero-order valence-electron chi connectivity index (χ0n) is 12.0. The van der Waals surface area contributed by atoms with Crippen molar-refractivity contribution >= 4 is 5.91 Å². The van der Waals surface area contributed by atoms with Gasteiger partial charge in [-0.3, -0.25) is 4.79 Å². The highest BCUT2D eigenvalue weighted by Crippen LogP contribution is 2.16. The van der Waals surface area contributed by atoms with Crippen LogP contribution in [0.5, 0.6) is 5.75 Å². The number of ether oxygens (including phenoxy) is 1. The van der Waals surface area contributed by atoms with Gasteiger partial charge in [0.05, 0.1) is 0 Å². The molecule has 0 radical (unpaired) electrons. The molecule has 1 aromatic carbocycles. The van der Waals surface area contributed by atoms with Crippen molar-refractivity contribution in [2.45, 2.75) is 39.0 Å². The van der Waals surface area contributed by atoms with E-state index >= 15 is 0 Å². The fraction of sp³-hybridized carbons (Fsp3) is 0.533. The summed E-state index contributed by atoms with van der Waals surface area (Å²) in [6, 6.07) is 7.02. The highest BCUT2D eigenvalue weighted by Gasteiger charge is 2.19. The Morgan fingerprint density at radius 1 is 1.33 bits per heavy atom. The van der Waals surface area contributed by atoms with E-state index in [1.807, 2.05) is 4.90 Å². The molecule has 1 aliphatic rings. The number of carbonyl (C=O) groups is 1. The normalized spacial score (nSPS) is 16.3. The van der Waals surface area contributed by atoms with Crippen LogP contribution in [0.2, 0.25) is 0 Å². The molecule has 1 heterocycles. The number of hydrogen-bond donors (Lipinski definition) is 1. The maximum absolute atomic E-state index is 12.0. The molecule has 0 spiro atoms. The summed E-state index contributed by atoms with van der Waals surface area (Å²) in [6.07, 6.45) is 1.87. The van der Waals surface area contributed by atoms with Gasteiger partial charge in [-0.1, -0.05) is 12.1 Å². The third kappa shape index (κ3) is 4.97. The molecule has 0 atom stereocenters. The molecule has 1 aromatic rings. The molecule has 2 rings (SSSR count). The van der Waals surface area contributed by atoms with Gasteiger partial charge in [-0.25, -0.2) is 0 Å². The number of likely N-dealkylation sites (tertiary alicyclic amines) is 1. The Hall–Kier alpha value is -1.69. The van der Waals surface area contributed by atoms with Gasteiger partial charge < -0.3 is 15.0 Å². The van der Waals surface area contributed by atoms with Crippen LogP contribution in [0.4, 0.5) is 8.78 Å². The fourth-order valence-electron chi connectivity index (χ4n) is 2.45. The van der Waals surface area contributed by atoms with Crippen molar-refractivity contribution in [2.75, 3.05) is 13.1 Å². The van der Waals surface area contributed by atoms with E-state index in [0.717, 1.165) is 31.5 Å². The molecule has 0 saturated carbocycles. The molecule has 1 fully saturated rings. The highest BCUT2D eigenvalue weighted by molar-refractivity contribution is 5.73. The number of hydrogen-bond acceptors (Lipinski definition) is 3. The predicted molar refractivity (Wildman–Crippen MR) is 75.2 cm³/mol. The molecule has 0 aromatic heterocycles. The summed E-state index contributed by atoms with van der Waals surface area (Å²) < 4.78 is 28.4. The van der Waals surface area contributed by atoms with Gasteiger partial charge in [0, 0.05) is 32.6 Å². The van der Waals surface area contributed by atoms with Gasteiger partial charge in [0.15, 0.2) is 0 Å². The van der Waals surface area contributed by atoms with E-state index in [-0.39, 0.29) is 11.7 Å². The van der Waals surface area contributed by atoms with Crippen molar-refractivity contribution in [2.24, 2.45) is 0 Å². The van der Waals surface area contributed by atoms with Crippen LogP contribution in [0.15, 0.2) is 24.3 Å². The Morgan fingerprint density at radius 3 is 2.48 bits per heavy atom. The van der Waals surface area contributed by atoms with E-state index in [2.05, 4.69) is 10.1 Å². The van der Waals surface area contributed by atoms with Crippen LogP contribution in [-0.4, -0.2) is 36.5 Å². The van der Waals surface area contributed by atoms with E-state index in [1.54, 1.807) is 31.2 Å². The van der Waals surface area contributed by atoms with E-state index in [0.29, 0.717) is 12.6 Å². The second-order valence-electron chi connectivity index (χ2n) is 5.18. The molecule has 1 N–H and O–H groups in total. The lowest BCUT2D eigenvalue weighted by Crippen LogP contribution is -2.43. The summed E-state index contributed by atoms with van der Waals surface area (Å²) in [5, 5.41) is 3.43. The van der Waals surface area contributed by atoms with Gasteiger partial charge in [0.1, 0.15) is 5.75 Å². The first kappa shape index (κ1) is 15.7. The zero-order valence-corrected chi connectivity index (χ0v) is 12.0. The lowest BCUT2D eigenvalue weighted by molar-refractivity contribution is -0.129. The summed E-state index contributed by atoms with van der Waals surface area (Å²) >= 11 is 0. The van der Waals surface area contributed by atoms with E-state index in [9.17, 15) is 13.6 Å². The fourth-order valence-corrected chi connectivity index (χ4v) is 2.45. The van der Waals surface area contributed by atoms with Gasteiger partial charge in [-0.2, -0.15) is 8.78 Å². The number of nitrogens with zero attached hydrogens (tertiary/aromatic N) is 1. The van der Waals surface area contributed by atoms with Crippen molar-refractivity contribution in [1.29, 1.82) is 0 Å². The van der Waals surface area contributed by atoms with Crippen LogP contribution < -0.4 is 10.1 Å². The largest absolute Gasteiger partial charge is 0.435 e. The van der Waals surface area contributed by atoms with Crippen molar-refractivity contribution in [3.8, 4) is 5.75 Å². The molecule has 0 bridgehead atoms. The molecular weight excluding hydrogens is 278 g/mol. The number of halogens is 2. The smallest absolute Gasteiger partial charge is 0.387 e. The minimum atomic E-state index is -2.79. The molecule has 6 heteroatoms. The van der Waals surface area contributed by atoms with Crippen LogP contribution in [0.3, 0.4) is 0 Å². The lowest BCUT2D eigenvalue weighted by atomic mass is 10.0. The van der Waals surface area contributed by atoms with E-state index in [1.165, 1.54) is 0 Å². The average molecular weight is 298 g/mol. The van der Waals surface area contributed by atoms with Crippen LogP contribution in [0.25, 0.3) is 0 Å². The van der Waals surface area contributed by atoms with Crippen molar-refractivity contribution in [3.05, 3.63) is 29.8 Å². The summed E-state index contributed by atoms with van der Waals surface area (Å²) in [7, 11) is 0. The molecular formula is C15H20F2N2O2. The second kappa shape index (κ2) is 7.36. The molecule has 0 unspecified atom stereocenters. The highest BCUT2D eigenvalue weighted by atomic mass is 19.3. The van der Waals surface area contributed by atoms with Gasteiger partial charge in [0.2, 0.25) is 5.91 Å². The lowest BCUT2D eigenvalue weighted by Gasteiger charge is -2.31. The first-order valence-corrected chi connectivity index (χ1v) is 7.07. The minimum Gasteiger partial charge on any atom is -0.435 e. The summed E-state index contributed by atoms with van der Waals surface area (Å²) in [5.41, 5.74) is 1.02. The Kier molecular flexibility index (Phi) is 5.50. The number of carbonyl (C=O) groups excluding carboxylic acids is 1. The second-order valence-corrected chi connectivity index (χ2v) is 5.18. The standard InChI is InChI=1S/C15H20F2N2O2/c1-11(20)19-8-6-13(7-9-19)18-10-12-2-4-14(5-3-12)21-15(16)17/h2-5,13,15,18H,6-10H2,1H3. The third-order valence-corrected chi connectivity index (χ3v) is 3.68. The van der Waals surface area contributed by atoms with Gasteiger partial charge in [0.25, 0.3) is 0 Å². The quantitative estimate of drug-likeness (QED) is 0.907. The summed E-state index contributed by atoms with van der Waals surface area (Å²) in [5.74, 6) is 0.298. The number of rotatable bonds is 5. The Balaban J connectivity index is 1.75. The zero-order chi connectivity index (χ0) is 15.2. The summed E-state index contributed by atoms with van der Waals surface area (Å²) in [6.45, 7) is 1.05. The molecule has 21 heavy (non-hydrogen) atoms. The predicted octanol–water partition coefficient (Wildman–Crippen LogP) is 2.39. The molecule has 1 saturated heterocycles. The SMILES string of the molecule is CC(=O)N1CCC(NCc2ccc(OC(F)F)cc2)CC1. The summed E-state index contributed by atoms with van der Waals surface area (Å²) in [4.78, 5) is 13.1. The molecule has 116 valence electrons. The van der Waals surface area contributed by atoms with Crippen molar-refractivity contribution in [3.63, 3.8) is 0 Å². The molecule has 4 nitrogen and oxygen atoms in total. The van der Waals surface area contributed by atoms with Crippen molar-refractivity contribution in [1.82, 2.24) is 10.2 Å². The van der Waals surface area contributed by atoms with E-state index in [4.69, 9.17) is 0 Å². The van der Waals surface area contributed by atoms with Gasteiger partial charge in [-0.15, -0.1) is 0 Å².